The minimum absolute atomic E-state index is 0.00466. The van der Waals surface area contributed by atoms with Crippen molar-refractivity contribution in [2.24, 2.45) is 0 Å². The summed E-state index contributed by atoms with van der Waals surface area (Å²) in [6.07, 6.45) is -1.64. The van der Waals surface area contributed by atoms with E-state index in [1.807, 2.05) is 41.3 Å². The molecule has 5 rings (SSSR count). The van der Waals surface area contributed by atoms with Crippen LogP contribution in [0.25, 0.3) is 0 Å². The lowest BCUT2D eigenvalue weighted by Crippen LogP contribution is -2.49. The molecule has 2 unspecified atom stereocenters. The van der Waals surface area contributed by atoms with Gasteiger partial charge in [-0.1, -0.05) is 47.5 Å². The van der Waals surface area contributed by atoms with Crippen molar-refractivity contribution in [1.82, 2.24) is 4.90 Å². The first kappa shape index (κ1) is 27.2. The molecule has 38 heavy (non-hydrogen) atoms. The molecule has 3 aromatic rings. The summed E-state index contributed by atoms with van der Waals surface area (Å²) in [5.74, 6) is 1.83. The van der Waals surface area contributed by atoms with Crippen LogP contribution in [0.1, 0.15) is 52.7 Å². The lowest BCUT2D eigenvalue weighted by atomic mass is 9.98. The largest absolute Gasteiger partial charge is 0.490 e. The quantitative estimate of drug-likeness (QED) is 0.280. The number of hydrogen-bond acceptors (Lipinski definition) is 3. The molecule has 0 N–H and O–H groups in total. The van der Waals surface area contributed by atoms with Crippen LogP contribution in [0.3, 0.4) is 0 Å². The van der Waals surface area contributed by atoms with Gasteiger partial charge in [0.1, 0.15) is 11.9 Å². The Morgan fingerprint density at radius 2 is 1.55 bits per heavy atom. The van der Waals surface area contributed by atoms with Gasteiger partial charge in [-0.15, -0.1) is 0 Å². The van der Waals surface area contributed by atoms with Crippen molar-refractivity contribution < 1.29 is 22.7 Å². The second-order valence-corrected chi connectivity index (χ2v) is 11.6. The van der Waals surface area contributed by atoms with E-state index in [1.54, 1.807) is 23.9 Å². The fraction of sp³-hybridized carbons (Fsp3) is 0.345. The minimum atomic E-state index is -4.41. The zero-order valence-electron chi connectivity index (χ0n) is 20.4. The van der Waals surface area contributed by atoms with Crippen molar-refractivity contribution in [1.29, 1.82) is 0 Å². The topological polar surface area (TPSA) is 29.5 Å². The molecule has 2 fully saturated rings. The molecule has 3 nitrogen and oxygen atoms in total. The van der Waals surface area contributed by atoms with Gasteiger partial charge < -0.3 is 9.64 Å². The van der Waals surface area contributed by atoms with Crippen molar-refractivity contribution in [3.05, 3.63) is 99.0 Å². The first-order chi connectivity index (χ1) is 18.2. The summed E-state index contributed by atoms with van der Waals surface area (Å²) in [5.41, 5.74) is 2.16. The van der Waals surface area contributed by atoms with Crippen molar-refractivity contribution >= 4 is 40.9 Å². The molecule has 0 saturated carbocycles. The molecule has 0 aliphatic carbocycles. The van der Waals surface area contributed by atoms with Gasteiger partial charge in [-0.2, -0.15) is 24.9 Å². The number of ether oxygens (including phenoxy) is 1. The van der Waals surface area contributed by atoms with Crippen molar-refractivity contribution in [3.8, 4) is 5.75 Å². The van der Waals surface area contributed by atoms with Crippen LogP contribution in [0.2, 0.25) is 10.0 Å². The summed E-state index contributed by atoms with van der Waals surface area (Å²) in [5, 5.41) is 1.09. The van der Waals surface area contributed by atoms with Crippen LogP contribution in [-0.2, 0) is 17.7 Å². The van der Waals surface area contributed by atoms with Gasteiger partial charge in [0.05, 0.1) is 15.6 Å². The van der Waals surface area contributed by atoms with E-state index in [1.165, 1.54) is 6.07 Å². The van der Waals surface area contributed by atoms with Crippen LogP contribution in [0, 0.1) is 0 Å². The molecule has 2 aliphatic rings. The predicted molar refractivity (Wildman–Crippen MR) is 146 cm³/mol. The van der Waals surface area contributed by atoms with E-state index in [4.69, 9.17) is 27.9 Å². The molecular formula is C29H26Cl2F3NO2S. The van der Waals surface area contributed by atoms with E-state index in [0.717, 1.165) is 47.6 Å². The van der Waals surface area contributed by atoms with Gasteiger partial charge in [-0.25, -0.2) is 0 Å². The fourth-order valence-corrected chi connectivity index (χ4v) is 6.57. The van der Waals surface area contributed by atoms with Crippen molar-refractivity contribution in [3.63, 3.8) is 0 Å². The molecule has 2 saturated heterocycles. The molecule has 3 aromatic carbocycles. The maximum absolute atomic E-state index is 13.4. The number of hydrogen-bond donors (Lipinski definition) is 0. The number of halogens is 5. The summed E-state index contributed by atoms with van der Waals surface area (Å²) >= 11 is 13.8. The van der Waals surface area contributed by atoms with E-state index in [0.29, 0.717) is 28.5 Å². The molecule has 2 heterocycles. The Morgan fingerprint density at radius 1 is 0.895 bits per heavy atom. The van der Waals surface area contributed by atoms with E-state index in [-0.39, 0.29) is 29.8 Å². The highest BCUT2D eigenvalue weighted by atomic mass is 35.5. The molecule has 9 heteroatoms. The predicted octanol–water partition coefficient (Wildman–Crippen LogP) is 8.66. The Morgan fingerprint density at radius 3 is 2.21 bits per heavy atom. The molecule has 0 radical (unpaired) electrons. The van der Waals surface area contributed by atoms with Crippen LogP contribution in [0.4, 0.5) is 13.2 Å². The molecular weight excluding hydrogens is 554 g/mol. The summed E-state index contributed by atoms with van der Waals surface area (Å²) in [6.45, 7) is 0. The van der Waals surface area contributed by atoms with E-state index in [2.05, 4.69) is 0 Å². The SMILES string of the molecule is O=C(c1ccc(CSCc2ccc(Cl)c(Cl)c2)cc1)N1C2CCC1CC(Oc1cccc(C(F)(F)F)c1)C2. The smallest absolute Gasteiger partial charge is 0.416 e. The maximum atomic E-state index is 13.4. The highest BCUT2D eigenvalue weighted by molar-refractivity contribution is 7.97. The number of carbonyl (C=O) groups is 1. The monoisotopic (exact) mass is 579 g/mol. The number of benzene rings is 3. The number of amides is 1. The average molecular weight is 580 g/mol. The Kier molecular flexibility index (Phi) is 8.17. The van der Waals surface area contributed by atoms with Gasteiger partial charge in [0.2, 0.25) is 0 Å². The Labute approximate surface area is 234 Å². The summed E-state index contributed by atoms with van der Waals surface area (Å²) in [7, 11) is 0. The molecule has 0 aromatic heterocycles. The van der Waals surface area contributed by atoms with Crippen LogP contribution in [-0.4, -0.2) is 29.0 Å². The van der Waals surface area contributed by atoms with Gasteiger partial charge in [-0.05, 0) is 66.4 Å². The number of fused-ring (bicyclic) bond motifs is 2. The van der Waals surface area contributed by atoms with Crippen LogP contribution >= 0.6 is 35.0 Å². The Bertz CT molecular complexity index is 1290. The molecule has 1 amide bonds. The van der Waals surface area contributed by atoms with E-state index >= 15 is 0 Å². The summed E-state index contributed by atoms with van der Waals surface area (Å²) < 4.78 is 45.1. The summed E-state index contributed by atoms with van der Waals surface area (Å²) in [4.78, 5) is 15.3. The van der Waals surface area contributed by atoms with Gasteiger partial charge in [-0.3, -0.25) is 4.79 Å². The summed E-state index contributed by atoms with van der Waals surface area (Å²) in [6, 6.07) is 18.4. The van der Waals surface area contributed by atoms with Crippen molar-refractivity contribution in [2.45, 2.75) is 61.6 Å². The zero-order valence-corrected chi connectivity index (χ0v) is 22.7. The minimum Gasteiger partial charge on any atom is -0.490 e. The molecule has 200 valence electrons. The Balaban J connectivity index is 1.16. The lowest BCUT2D eigenvalue weighted by molar-refractivity contribution is -0.137. The van der Waals surface area contributed by atoms with E-state index in [9.17, 15) is 18.0 Å². The third-order valence-corrected chi connectivity index (χ3v) is 8.92. The second-order valence-electron chi connectivity index (χ2n) is 9.77. The first-order valence-corrected chi connectivity index (χ1v) is 14.4. The van der Waals surface area contributed by atoms with Crippen LogP contribution in [0.5, 0.6) is 5.75 Å². The number of thioether (sulfide) groups is 1. The number of piperidine rings is 1. The van der Waals surface area contributed by atoms with E-state index < -0.39 is 11.7 Å². The highest BCUT2D eigenvalue weighted by Gasteiger charge is 2.44. The Hall–Kier alpha value is -2.35. The third kappa shape index (κ3) is 6.27. The number of alkyl halides is 3. The van der Waals surface area contributed by atoms with Gasteiger partial charge in [0, 0.05) is 42.0 Å². The second kappa shape index (κ2) is 11.4. The normalized spacial score (nSPS) is 21.0. The van der Waals surface area contributed by atoms with Gasteiger partial charge in [0.15, 0.2) is 0 Å². The number of carbonyl (C=O) groups excluding carboxylic acids is 1. The molecule has 0 spiro atoms. The third-order valence-electron chi connectivity index (χ3n) is 7.11. The highest BCUT2D eigenvalue weighted by Crippen LogP contribution is 2.39. The standard InChI is InChI=1S/C29H26Cl2F3NO2S/c30-26-11-6-19(12-27(26)31)17-38-16-18-4-7-20(8-5-18)28(36)35-22-9-10-23(35)15-25(14-22)37-24-3-1-2-21(13-24)29(32,33)34/h1-8,11-13,22-23,25H,9-10,14-17H2. The van der Waals surface area contributed by atoms with Crippen molar-refractivity contribution in [2.75, 3.05) is 0 Å². The molecule has 2 atom stereocenters. The average Bonchev–Trinajstić information content (AvgIpc) is 3.16. The zero-order chi connectivity index (χ0) is 26.9. The molecule has 2 bridgehead atoms. The van der Waals surface area contributed by atoms with Crippen LogP contribution in [0.15, 0.2) is 66.7 Å². The maximum Gasteiger partial charge on any atom is 0.416 e. The molecule has 2 aliphatic heterocycles. The fourth-order valence-electron chi connectivity index (χ4n) is 5.30. The van der Waals surface area contributed by atoms with Gasteiger partial charge in [0.25, 0.3) is 5.91 Å². The first-order valence-electron chi connectivity index (χ1n) is 12.4. The van der Waals surface area contributed by atoms with Gasteiger partial charge >= 0.3 is 6.18 Å². The van der Waals surface area contributed by atoms with Crippen LogP contribution < -0.4 is 4.74 Å². The number of nitrogens with zero attached hydrogens (tertiary/aromatic N) is 1. The number of rotatable bonds is 7. The lowest BCUT2D eigenvalue weighted by Gasteiger charge is -2.39.